The summed E-state index contributed by atoms with van der Waals surface area (Å²) in [6.07, 6.45) is 6.86. The molecule has 0 amide bonds. The zero-order valence-corrected chi connectivity index (χ0v) is 25.4. The van der Waals surface area contributed by atoms with E-state index in [9.17, 15) is 0 Å². The molecule has 0 heterocycles. The number of aryl methyl sites for hydroxylation is 5. The molecule has 1 saturated carbocycles. The lowest BCUT2D eigenvalue weighted by molar-refractivity contribution is 0.348. The molecule has 0 aliphatic heterocycles. The van der Waals surface area contributed by atoms with E-state index in [0.29, 0.717) is 0 Å². The van der Waals surface area contributed by atoms with Gasteiger partial charge in [0, 0.05) is 0 Å². The van der Waals surface area contributed by atoms with E-state index in [2.05, 4.69) is 117 Å². The molecule has 0 aromatic heterocycles. The first-order chi connectivity index (χ1) is 17.2. The molecule has 1 aliphatic rings. The second-order valence-corrected chi connectivity index (χ2v) is 10.6. The van der Waals surface area contributed by atoms with E-state index in [1.54, 1.807) is 5.56 Å². The van der Waals surface area contributed by atoms with Crippen LogP contribution in [0.4, 0.5) is 0 Å². The SMILES string of the molecule is CC.CCC.Cc1cc(C2CCC(C)CC2)cc(C)c1C.Cc1ccc(-c2ccc(C)c(C)c2)cc1. The third-order valence-electron chi connectivity index (χ3n) is 7.33. The molecule has 0 bridgehead atoms. The second kappa shape index (κ2) is 16.4. The van der Waals surface area contributed by atoms with E-state index >= 15 is 0 Å². The maximum absolute atomic E-state index is 2.42. The van der Waals surface area contributed by atoms with E-state index in [0.717, 1.165) is 11.8 Å². The predicted octanol–water partition coefficient (Wildman–Crippen LogP) is 11.6. The van der Waals surface area contributed by atoms with Gasteiger partial charge in [-0.3, -0.25) is 0 Å². The molecule has 1 fully saturated rings. The summed E-state index contributed by atoms with van der Waals surface area (Å²) in [5, 5.41) is 0. The van der Waals surface area contributed by atoms with E-state index in [1.807, 2.05) is 13.8 Å². The van der Waals surface area contributed by atoms with Crippen LogP contribution in [0, 0.1) is 47.5 Å². The number of rotatable bonds is 2. The summed E-state index contributed by atoms with van der Waals surface area (Å²) in [4.78, 5) is 0. The molecule has 0 heteroatoms. The van der Waals surface area contributed by atoms with Crippen LogP contribution < -0.4 is 0 Å². The van der Waals surface area contributed by atoms with Gasteiger partial charge in [-0.1, -0.05) is 114 Å². The Morgan fingerprint density at radius 1 is 0.583 bits per heavy atom. The van der Waals surface area contributed by atoms with Gasteiger partial charge in [-0.2, -0.15) is 0 Å². The molecule has 1 aliphatic carbocycles. The van der Waals surface area contributed by atoms with Crippen molar-refractivity contribution < 1.29 is 0 Å². The van der Waals surface area contributed by atoms with Gasteiger partial charge in [0.2, 0.25) is 0 Å². The van der Waals surface area contributed by atoms with E-state index in [4.69, 9.17) is 0 Å². The Kier molecular flexibility index (Phi) is 14.4. The van der Waals surface area contributed by atoms with Crippen LogP contribution in [0.25, 0.3) is 11.1 Å². The van der Waals surface area contributed by atoms with Gasteiger partial charge in [-0.05, 0) is 111 Å². The highest BCUT2D eigenvalue weighted by Gasteiger charge is 2.20. The van der Waals surface area contributed by atoms with Crippen molar-refractivity contribution in [2.45, 2.75) is 114 Å². The number of hydrogen-bond donors (Lipinski definition) is 0. The molecule has 0 N–H and O–H groups in total. The molecular weight excluding hydrogens is 432 g/mol. The van der Waals surface area contributed by atoms with E-state index in [-0.39, 0.29) is 0 Å². The van der Waals surface area contributed by atoms with Crippen LogP contribution in [-0.4, -0.2) is 0 Å². The summed E-state index contributed by atoms with van der Waals surface area (Å²) in [6, 6.07) is 20.1. The van der Waals surface area contributed by atoms with Crippen molar-refractivity contribution >= 4 is 0 Å². The first-order valence-electron chi connectivity index (χ1n) is 14.4. The van der Waals surface area contributed by atoms with Gasteiger partial charge in [0.25, 0.3) is 0 Å². The Labute approximate surface area is 224 Å². The average molecular weight is 487 g/mol. The van der Waals surface area contributed by atoms with Gasteiger partial charge in [-0.25, -0.2) is 0 Å². The Morgan fingerprint density at radius 2 is 1.06 bits per heavy atom. The molecule has 0 spiro atoms. The van der Waals surface area contributed by atoms with Crippen LogP contribution in [0.15, 0.2) is 54.6 Å². The number of hydrogen-bond acceptors (Lipinski definition) is 0. The van der Waals surface area contributed by atoms with Gasteiger partial charge in [-0.15, -0.1) is 0 Å². The van der Waals surface area contributed by atoms with Crippen molar-refractivity contribution in [1.82, 2.24) is 0 Å². The zero-order valence-electron chi connectivity index (χ0n) is 25.4. The molecular formula is C36H54. The monoisotopic (exact) mass is 486 g/mol. The minimum absolute atomic E-state index is 0.828. The molecule has 0 radical (unpaired) electrons. The summed E-state index contributed by atoms with van der Waals surface area (Å²) in [5.41, 5.74) is 12.6. The van der Waals surface area contributed by atoms with Crippen molar-refractivity contribution in [3.05, 3.63) is 93.5 Å². The summed E-state index contributed by atoms with van der Waals surface area (Å²) < 4.78 is 0. The molecule has 0 unspecified atom stereocenters. The Hall–Kier alpha value is -2.34. The molecule has 3 aromatic rings. The van der Waals surface area contributed by atoms with Crippen LogP contribution in [0.2, 0.25) is 0 Å². The van der Waals surface area contributed by atoms with Crippen molar-refractivity contribution in [2.75, 3.05) is 0 Å². The fraction of sp³-hybridized carbons (Fsp3) is 0.500. The lowest BCUT2D eigenvalue weighted by Gasteiger charge is -2.27. The van der Waals surface area contributed by atoms with Crippen LogP contribution in [-0.2, 0) is 0 Å². The van der Waals surface area contributed by atoms with Gasteiger partial charge < -0.3 is 0 Å². The molecule has 0 atom stereocenters. The molecule has 0 nitrogen and oxygen atoms in total. The highest BCUT2D eigenvalue weighted by molar-refractivity contribution is 5.65. The molecule has 36 heavy (non-hydrogen) atoms. The smallest absolute Gasteiger partial charge is 0.0162 e. The Bertz CT molecular complexity index is 991. The van der Waals surface area contributed by atoms with Gasteiger partial charge in [0.15, 0.2) is 0 Å². The second-order valence-electron chi connectivity index (χ2n) is 10.6. The van der Waals surface area contributed by atoms with E-state index < -0.39 is 0 Å². The van der Waals surface area contributed by atoms with Crippen LogP contribution in [0.5, 0.6) is 0 Å². The highest BCUT2D eigenvalue weighted by Crippen LogP contribution is 2.36. The third-order valence-corrected chi connectivity index (χ3v) is 7.33. The summed E-state index contributed by atoms with van der Waals surface area (Å²) in [5.74, 6) is 1.78. The van der Waals surface area contributed by atoms with Crippen LogP contribution in [0.3, 0.4) is 0 Å². The first kappa shape index (κ1) is 31.7. The van der Waals surface area contributed by atoms with Gasteiger partial charge >= 0.3 is 0 Å². The van der Waals surface area contributed by atoms with Gasteiger partial charge in [0.05, 0.1) is 0 Å². The topological polar surface area (TPSA) is 0 Å². The summed E-state index contributed by atoms with van der Waals surface area (Å²) in [6.45, 7) is 23.8. The molecule has 198 valence electrons. The highest BCUT2D eigenvalue weighted by atomic mass is 14.3. The van der Waals surface area contributed by atoms with E-state index in [1.165, 1.54) is 76.6 Å². The normalized spacial score (nSPS) is 16.4. The molecule has 3 aromatic carbocycles. The fourth-order valence-corrected chi connectivity index (χ4v) is 4.57. The third kappa shape index (κ3) is 9.96. The lowest BCUT2D eigenvalue weighted by Crippen LogP contribution is -2.11. The minimum atomic E-state index is 0.828. The predicted molar refractivity (Wildman–Crippen MR) is 164 cm³/mol. The van der Waals surface area contributed by atoms with Crippen molar-refractivity contribution in [2.24, 2.45) is 5.92 Å². The largest absolute Gasteiger partial charge is 0.0683 e. The maximum Gasteiger partial charge on any atom is -0.0162 e. The first-order valence-corrected chi connectivity index (χ1v) is 14.4. The van der Waals surface area contributed by atoms with Gasteiger partial charge in [0.1, 0.15) is 0 Å². The Balaban J connectivity index is 0.000000306. The molecule has 4 rings (SSSR count). The minimum Gasteiger partial charge on any atom is -0.0683 e. The summed E-state index contributed by atoms with van der Waals surface area (Å²) in [7, 11) is 0. The zero-order chi connectivity index (χ0) is 27.3. The van der Waals surface area contributed by atoms with Crippen molar-refractivity contribution in [1.29, 1.82) is 0 Å². The quantitative estimate of drug-likeness (QED) is 0.338. The maximum atomic E-state index is 2.42. The van der Waals surface area contributed by atoms with Crippen LogP contribution in [0.1, 0.15) is 112 Å². The fourth-order valence-electron chi connectivity index (χ4n) is 4.57. The number of benzene rings is 3. The average Bonchev–Trinajstić information content (AvgIpc) is 2.87. The summed E-state index contributed by atoms with van der Waals surface area (Å²) >= 11 is 0. The lowest BCUT2D eigenvalue weighted by atomic mass is 9.78. The Morgan fingerprint density at radius 3 is 1.53 bits per heavy atom. The van der Waals surface area contributed by atoms with Crippen molar-refractivity contribution in [3.63, 3.8) is 0 Å². The standard InChI is InChI=1S/C16H24.C15H16.C3H8.C2H6/c1-11-5-7-15(8-6-11)16-9-12(2)14(4)13(3)10-16;1-11-4-7-14(8-5-11)15-9-6-12(2)13(3)10-15;1-3-2;1-2/h9-11,15H,5-8H2,1-4H3;4-10H,1-3H3;3H2,1-2H3;1-2H3. The molecule has 0 saturated heterocycles. The van der Waals surface area contributed by atoms with Crippen molar-refractivity contribution in [3.8, 4) is 11.1 Å². The van der Waals surface area contributed by atoms with Crippen LogP contribution >= 0.6 is 0 Å².